The number of hydrogen-bond acceptors (Lipinski definition) is 2. The molecule has 1 aliphatic rings. The van der Waals surface area contributed by atoms with E-state index in [9.17, 15) is 0 Å². The molecule has 0 spiro atoms. The molecule has 0 aromatic rings. The Bertz CT molecular complexity index is 137. The van der Waals surface area contributed by atoms with E-state index in [1.54, 1.807) is 0 Å². The maximum atomic E-state index is 3.47. The van der Waals surface area contributed by atoms with E-state index in [4.69, 9.17) is 0 Å². The maximum Gasteiger partial charge on any atom is 0.00103 e. The number of rotatable bonds is 5. The molecule has 0 bridgehead atoms. The van der Waals surface area contributed by atoms with E-state index in [0.717, 1.165) is 5.92 Å². The van der Waals surface area contributed by atoms with Crippen LogP contribution in [-0.4, -0.2) is 37.1 Å². The molecule has 0 saturated carbocycles. The third-order valence-electron chi connectivity index (χ3n) is 3.08. The van der Waals surface area contributed by atoms with Crippen molar-refractivity contribution in [1.29, 1.82) is 0 Å². The Morgan fingerprint density at radius 2 is 1.93 bits per heavy atom. The van der Waals surface area contributed by atoms with E-state index < -0.39 is 0 Å². The van der Waals surface area contributed by atoms with Crippen LogP contribution >= 0.6 is 0 Å². The van der Waals surface area contributed by atoms with Gasteiger partial charge in [-0.1, -0.05) is 20.8 Å². The Morgan fingerprint density at radius 3 is 2.50 bits per heavy atom. The van der Waals surface area contributed by atoms with Crippen molar-refractivity contribution in [1.82, 2.24) is 10.2 Å². The fourth-order valence-electron chi connectivity index (χ4n) is 1.98. The molecule has 0 aromatic heterocycles. The van der Waals surface area contributed by atoms with Gasteiger partial charge in [0.1, 0.15) is 0 Å². The van der Waals surface area contributed by atoms with E-state index in [1.807, 2.05) is 0 Å². The third kappa shape index (κ3) is 4.97. The highest BCUT2D eigenvalue weighted by atomic mass is 15.1. The molecule has 2 heteroatoms. The van der Waals surface area contributed by atoms with Crippen LogP contribution in [0.25, 0.3) is 0 Å². The van der Waals surface area contributed by atoms with Gasteiger partial charge >= 0.3 is 0 Å². The molecule has 0 amide bonds. The minimum Gasteiger partial charge on any atom is -0.314 e. The van der Waals surface area contributed by atoms with Crippen LogP contribution in [0, 0.1) is 5.92 Å². The van der Waals surface area contributed by atoms with Crippen molar-refractivity contribution in [2.24, 2.45) is 5.92 Å². The Labute approximate surface area is 89.1 Å². The predicted octanol–water partition coefficient (Wildman–Crippen LogP) is 2.11. The van der Waals surface area contributed by atoms with Crippen LogP contribution < -0.4 is 5.32 Å². The zero-order valence-corrected chi connectivity index (χ0v) is 10.1. The number of piperidine rings is 1. The van der Waals surface area contributed by atoms with Gasteiger partial charge in [-0.3, -0.25) is 0 Å². The lowest BCUT2D eigenvalue weighted by Gasteiger charge is -2.30. The number of hydrogen-bond donors (Lipinski definition) is 1. The smallest absolute Gasteiger partial charge is 0.00103 e. The van der Waals surface area contributed by atoms with Gasteiger partial charge in [0.25, 0.3) is 0 Å². The first-order chi connectivity index (χ1) is 6.68. The van der Waals surface area contributed by atoms with Gasteiger partial charge in [-0.2, -0.15) is 0 Å². The van der Waals surface area contributed by atoms with Crippen LogP contribution in [0.4, 0.5) is 0 Å². The fourth-order valence-corrected chi connectivity index (χ4v) is 1.98. The minimum atomic E-state index is 0.636. The van der Waals surface area contributed by atoms with E-state index >= 15 is 0 Å². The first kappa shape index (κ1) is 12.0. The van der Waals surface area contributed by atoms with Gasteiger partial charge < -0.3 is 10.2 Å². The summed E-state index contributed by atoms with van der Waals surface area (Å²) in [4.78, 5) is 2.61. The van der Waals surface area contributed by atoms with Crippen LogP contribution in [-0.2, 0) is 0 Å². The molecule has 14 heavy (non-hydrogen) atoms. The molecule has 1 rings (SSSR count). The molecular formula is C12H26N2. The summed E-state index contributed by atoms with van der Waals surface area (Å²) in [6.07, 6.45) is 4.10. The Morgan fingerprint density at radius 1 is 1.29 bits per heavy atom. The van der Waals surface area contributed by atoms with Crippen molar-refractivity contribution in [3.05, 3.63) is 0 Å². The molecule has 0 radical (unpaired) electrons. The van der Waals surface area contributed by atoms with Crippen molar-refractivity contribution < 1.29 is 0 Å². The van der Waals surface area contributed by atoms with Crippen molar-refractivity contribution >= 4 is 0 Å². The summed E-state index contributed by atoms with van der Waals surface area (Å²) in [5, 5.41) is 3.47. The molecule has 1 fully saturated rings. The topological polar surface area (TPSA) is 15.3 Å². The lowest BCUT2D eigenvalue weighted by molar-refractivity contribution is 0.190. The average Bonchev–Trinajstić information content (AvgIpc) is 2.15. The van der Waals surface area contributed by atoms with E-state index in [1.165, 1.54) is 45.4 Å². The number of likely N-dealkylation sites (tertiary alicyclic amines) is 1. The molecule has 0 aliphatic carbocycles. The second-order valence-corrected chi connectivity index (χ2v) is 4.99. The second-order valence-electron chi connectivity index (χ2n) is 4.99. The van der Waals surface area contributed by atoms with Gasteiger partial charge in [-0.05, 0) is 51.4 Å². The van der Waals surface area contributed by atoms with E-state index in [0.29, 0.717) is 6.04 Å². The second kappa shape index (κ2) is 6.41. The van der Waals surface area contributed by atoms with E-state index in [-0.39, 0.29) is 0 Å². The highest BCUT2D eigenvalue weighted by Crippen LogP contribution is 2.15. The van der Waals surface area contributed by atoms with Gasteiger partial charge in [-0.25, -0.2) is 0 Å². The minimum absolute atomic E-state index is 0.636. The summed E-state index contributed by atoms with van der Waals surface area (Å²) in [7, 11) is 0. The standard InChI is InChI=1S/C12H26N2/c1-11(2)13-7-4-8-14-9-5-12(3)6-10-14/h11-13H,4-10H2,1-3H3. The van der Waals surface area contributed by atoms with Crippen LogP contribution in [0.5, 0.6) is 0 Å². The summed E-state index contributed by atoms with van der Waals surface area (Å²) < 4.78 is 0. The van der Waals surface area contributed by atoms with Crippen molar-refractivity contribution in [2.45, 2.75) is 46.1 Å². The summed E-state index contributed by atoms with van der Waals surface area (Å²) in [6, 6.07) is 0.636. The molecular weight excluding hydrogens is 172 g/mol. The highest BCUT2D eigenvalue weighted by molar-refractivity contribution is 4.69. The molecule has 1 aliphatic heterocycles. The molecule has 0 unspecified atom stereocenters. The van der Waals surface area contributed by atoms with Crippen molar-refractivity contribution in [3.63, 3.8) is 0 Å². The molecule has 1 heterocycles. The van der Waals surface area contributed by atoms with Gasteiger partial charge in [0.05, 0.1) is 0 Å². The molecule has 1 N–H and O–H groups in total. The van der Waals surface area contributed by atoms with Crippen LogP contribution in [0.1, 0.15) is 40.0 Å². The molecule has 1 saturated heterocycles. The predicted molar refractivity (Wildman–Crippen MR) is 62.6 cm³/mol. The quantitative estimate of drug-likeness (QED) is 0.681. The van der Waals surface area contributed by atoms with Crippen molar-refractivity contribution in [3.8, 4) is 0 Å². The zero-order chi connectivity index (χ0) is 10.4. The van der Waals surface area contributed by atoms with E-state index in [2.05, 4.69) is 31.0 Å². The molecule has 2 nitrogen and oxygen atoms in total. The molecule has 0 aromatic carbocycles. The Kier molecular flexibility index (Phi) is 5.49. The molecule has 0 atom stereocenters. The zero-order valence-electron chi connectivity index (χ0n) is 10.1. The lowest BCUT2D eigenvalue weighted by Crippen LogP contribution is -2.35. The van der Waals surface area contributed by atoms with Crippen molar-refractivity contribution in [2.75, 3.05) is 26.2 Å². The average molecular weight is 198 g/mol. The molecule has 84 valence electrons. The van der Waals surface area contributed by atoms with Crippen LogP contribution in [0.3, 0.4) is 0 Å². The summed E-state index contributed by atoms with van der Waals surface area (Å²) in [5.41, 5.74) is 0. The van der Waals surface area contributed by atoms with Crippen LogP contribution in [0.15, 0.2) is 0 Å². The normalized spacial score (nSPS) is 20.6. The first-order valence-electron chi connectivity index (χ1n) is 6.14. The summed E-state index contributed by atoms with van der Waals surface area (Å²) in [5.74, 6) is 0.958. The van der Waals surface area contributed by atoms with Crippen LogP contribution in [0.2, 0.25) is 0 Å². The van der Waals surface area contributed by atoms with Gasteiger partial charge in [-0.15, -0.1) is 0 Å². The van der Waals surface area contributed by atoms with Gasteiger partial charge in [0, 0.05) is 6.04 Å². The number of nitrogens with one attached hydrogen (secondary N) is 1. The summed E-state index contributed by atoms with van der Waals surface area (Å²) >= 11 is 0. The fraction of sp³-hybridized carbons (Fsp3) is 1.00. The largest absolute Gasteiger partial charge is 0.314 e. The Hall–Kier alpha value is -0.0800. The Balaban J connectivity index is 1.96. The summed E-state index contributed by atoms with van der Waals surface area (Å²) in [6.45, 7) is 11.9. The first-order valence-corrected chi connectivity index (χ1v) is 6.14. The SMILES string of the molecule is CC1CCN(CCCNC(C)C)CC1. The lowest BCUT2D eigenvalue weighted by atomic mass is 9.99. The monoisotopic (exact) mass is 198 g/mol. The van der Waals surface area contributed by atoms with Gasteiger partial charge in [0.2, 0.25) is 0 Å². The van der Waals surface area contributed by atoms with Gasteiger partial charge in [0.15, 0.2) is 0 Å². The maximum absolute atomic E-state index is 3.47. The third-order valence-corrected chi connectivity index (χ3v) is 3.08. The number of nitrogens with zero attached hydrogens (tertiary/aromatic N) is 1. The highest BCUT2D eigenvalue weighted by Gasteiger charge is 2.14.